The molecular weight excluding hydrogens is 244 g/mol. The number of amides is 1. The van der Waals surface area contributed by atoms with Crippen LogP contribution >= 0.6 is 0 Å². The highest BCUT2D eigenvalue weighted by atomic mass is 16.4. The molecule has 0 bridgehead atoms. The summed E-state index contributed by atoms with van der Waals surface area (Å²) >= 11 is 0. The molecule has 1 atom stereocenters. The number of hydrogen-bond donors (Lipinski definition) is 3. The average Bonchev–Trinajstić information content (AvgIpc) is 2.34. The largest absolute Gasteiger partial charge is 0.480 e. The van der Waals surface area contributed by atoms with Crippen LogP contribution in [0, 0.1) is 6.92 Å². The van der Waals surface area contributed by atoms with Gasteiger partial charge in [-0.25, -0.2) is 0 Å². The molecule has 0 fully saturated rings. The van der Waals surface area contributed by atoms with Crippen molar-refractivity contribution in [1.82, 2.24) is 5.32 Å². The molecule has 1 amide bonds. The number of aliphatic carboxylic acids is 1. The molecule has 0 spiro atoms. The first-order valence-corrected chi connectivity index (χ1v) is 6.32. The van der Waals surface area contributed by atoms with Gasteiger partial charge in [0.15, 0.2) is 0 Å². The van der Waals surface area contributed by atoms with Gasteiger partial charge in [-0.2, -0.15) is 0 Å². The maximum Gasteiger partial charge on any atom is 0.320 e. The van der Waals surface area contributed by atoms with Crippen LogP contribution in [0.5, 0.6) is 0 Å². The molecule has 1 rings (SSSR count). The average molecular weight is 264 g/mol. The molecule has 0 heterocycles. The Bertz CT molecular complexity index is 446. The van der Waals surface area contributed by atoms with Crippen molar-refractivity contribution in [1.29, 1.82) is 0 Å². The second-order valence-electron chi connectivity index (χ2n) is 4.54. The first-order chi connectivity index (χ1) is 8.99. The predicted octanol–water partition coefficient (Wildman–Crippen LogP) is 1.78. The Morgan fingerprint density at radius 2 is 2.11 bits per heavy atom. The first-order valence-electron chi connectivity index (χ1n) is 6.32. The van der Waals surface area contributed by atoms with Crippen LogP contribution in [0.3, 0.4) is 0 Å². The third-order valence-electron chi connectivity index (χ3n) is 2.70. The van der Waals surface area contributed by atoms with E-state index >= 15 is 0 Å². The van der Waals surface area contributed by atoms with Crippen molar-refractivity contribution >= 4 is 17.6 Å². The molecule has 0 radical (unpaired) electrons. The lowest BCUT2D eigenvalue weighted by atomic mass is 10.2. The van der Waals surface area contributed by atoms with Gasteiger partial charge < -0.3 is 15.7 Å². The van der Waals surface area contributed by atoms with Gasteiger partial charge in [-0.05, 0) is 44.5 Å². The number of nitrogens with one attached hydrogen (secondary N) is 2. The number of carboxylic acids is 1. The standard InChI is InChI=1S/C14H20N2O3/c1-10-5-3-6-12(9-10)16-13(17)7-4-8-15-11(2)14(18)19/h3,5-6,9,11,15H,4,7-8H2,1-2H3,(H,16,17)(H,18,19)/t11-/m0/s1. The molecule has 5 heteroatoms. The first kappa shape index (κ1) is 15.2. The molecule has 0 aliphatic heterocycles. The van der Waals surface area contributed by atoms with E-state index in [0.717, 1.165) is 11.3 Å². The molecule has 1 aromatic rings. The smallest absolute Gasteiger partial charge is 0.320 e. The molecule has 3 N–H and O–H groups in total. The fraction of sp³-hybridized carbons (Fsp3) is 0.429. The van der Waals surface area contributed by atoms with Gasteiger partial charge >= 0.3 is 5.97 Å². The Morgan fingerprint density at radius 1 is 1.37 bits per heavy atom. The molecule has 0 aliphatic rings. The van der Waals surface area contributed by atoms with Gasteiger partial charge in [0.05, 0.1) is 0 Å². The quantitative estimate of drug-likeness (QED) is 0.656. The van der Waals surface area contributed by atoms with Gasteiger partial charge in [0, 0.05) is 12.1 Å². The Morgan fingerprint density at radius 3 is 2.74 bits per heavy atom. The highest BCUT2D eigenvalue weighted by molar-refractivity contribution is 5.90. The molecule has 0 saturated heterocycles. The minimum atomic E-state index is -0.885. The molecular formula is C14H20N2O3. The number of hydrogen-bond acceptors (Lipinski definition) is 3. The van der Waals surface area contributed by atoms with Gasteiger partial charge in [-0.15, -0.1) is 0 Å². The minimum absolute atomic E-state index is 0.0598. The van der Waals surface area contributed by atoms with Gasteiger partial charge in [0.2, 0.25) is 5.91 Å². The van der Waals surface area contributed by atoms with Crippen molar-refractivity contribution in [2.45, 2.75) is 32.7 Å². The van der Waals surface area contributed by atoms with Crippen LogP contribution < -0.4 is 10.6 Å². The molecule has 0 unspecified atom stereocenters. The van der Waals surface area contributed by atoms with Crippen LogP contribution in [0.15, 0.2) is 24.3 Å². The third-order valence-corrected chi connectivity index (χ3v) is 2.70. The second-order valence-corrected chi connectivity index (χ2v) is 4.54. The van der Waals surface area contributed by atoms with Gasteiger partial charge in [-0.3, -0.25) is 9.59 Å². The number of carbonyl (C=O) groups excluding carboxylic acids is 1. The Labute approximate surface area is 113 Å². The number of anilines is 1. The van der Waals surface area contributed by atoms with Crippen molar-refractivity contribution in [3.63, 3.8) is 0 Å². The zero-order valence-electron chi connectivity index (χ0n) is 11.3. The molecule has 5 nitrogen and oxygen atoms in total. The van der Waals surface area contributed by atoms with Crippen LogP contribution in [0.25, 0.3) is 0 Å². The summed E-state index contributed by atoms with van der Waals surface area (Å²) in [6.07, 6.45) is 0.975. The summed E-state index contributed by atoms with van der Waals surface area (Å²) in [5.74, 6) is -0.945. The van der Waals surface area contributed by atoms with Gasteiger partial charge in [-0.1, -0.05) is 12.1 Å². The van der Waals surface area contributed by atoms with Gasteiger partial charge in [0.25, 0.3) is 0 Å². The van der Waals surface area contributed by atoms with E-state index in [2.05, 4.69) is 10.6 Å². The second kappa shape index (κ2) is 7.53. The van der Waals surface area contributed by atoms with E-state index < -0.39 is 12.0 Å². The summed E-state index contributed by atoms with van der Waals surface area (Å²) in [4.78, 5) is 22.2. The van der Waals surface area contributed by atoms with Crippen molar-refractivity contribution in [3.8, 4) is 0 Å². The molecule has 104 valence electrons. The van der Waals surface area contributed by atoms with E-state index in [-0.39, 0.29) is 5.91 Å². The monoisotopic (exact) mass is 264 g/mol. The van der Waals surface area contributed by atoms with Crippen LogP contribution in [0.4, 0.5) is 5.69 Å². The maximum atomic E-state index is 11.6. The van der Waals surface area contributed by atoms with E-state index in [9.17, 15) is 9.59 Å². The molecule has 0 aromatic heterocycles. The Balaban J connectivity index is 2.23. The zero-order valence-corrected chi connectivity index (χ0v) is 11.3. The summed E-state index contributed by atoms with van der Waals surface area (Å²) in [5.41, 5.74) is 1.88. The number of carbonyl (C=O) groups is 2. The molecule has 0 aliphatic carbocycles. The number of rotatable bonds is 7. The maximum absolute atomic E-state index is 11.6. The van der Waals surface area contributed by atoms with Crippen LogP contribution in [-0.2, 0) is 9.59 Å². The summed E-state index contributed by atoms with van der Waals surface area (Å²) in [7, 11) is 0. The fourth-order valence-electron chi connectivity index (χ4n) is 1.60. The van der Waals surface area contributed by atoms with E-state index in [1.807, 2.05) is 31.2 Å². The van der Waals surface area contributed by atoms with E-state index in [1.54, 1.807) is 6.92 Å². The molecule has 19 heavy (non-hydrogen) atoms. The van der Waals surface area contributed by atoms with Crippen molar-refractivity contribution in [2.75, 3.05) is 11.9 Å². The summed E-state index contributed by atoms with van der Waals surface area (Å²) in [5, 5.41) is 14.3. The number of aryl methyl sites for hydroxylation is 1. The number of carboxylic acid groups (broad SMARTS) is 1. The topological polar surface area (TPSA) is 78.4 Å². The predicted molar refractivity (Wildman–Crippen MR) is 74.1 cm³/mol. The van der Waals surface area contributed by atoms with Crippen LogP contribution in [0.2, 0.25) is 0 Å². The summed E-state index contributed by atoms with van der Waals surface area (Å²) < 4.78 is 0. The Hall–Kier alpha value is -1.88. The molecule has 0 saturated carbocycles. The minimum Gasteiger partial charge on any atom is -0.480 e. The normalized spacial score (nSPS) is 11.9. The fourth-order valence-corrected chi connectivity index (χ4v) is 1.60. The lowest BCUT2D eigenvalue weighted by molar-refractivity contribution is -0.138. The lowest BCUT2D eigenvalue weighted by Gasteiger charge is -2.09. The van der Waals surface area contributed by atoms with Gasteiger partial charge in [0.1, 0.15) is 6.04 Å². The van der Waals surface area contributed by atoms with E-state index in [0.29, 0.717) is 19.4 Å². The number of benzene rings is 1. The highest BCUT2D eigenvalue weighted by Gasteiger charge is 2.09. The van der Waals surface area contributed by atoms with E-state index in [1.165, 1.54) is 0 Å². The summed E-state index contributed by atoms with van der Waals surface area (Å²) in [6, 6.07) is 7.02. The van der Waals surface area contributed by atoms with Crippen molar-refractivity contribution in [3.05, 3.63) is 29.8 Å². The summed E-state index contributed by atoms with van der Waals surface area (Å²) in [6.45, 7) is 4.05. The highest BCUT2D eigenvalue weighted by Crippen LogP contribution is 2.09. The SMILES string of the molecule is Cc1cccc(NC(=O)CCCN[C@@H](C)C(=O)O)c1. The van der Waals surface area contributed by atoms with Crippen LogP contribution in [0.1, 0.15) is 25.3 Å². The van der Waals surface area contributed by atoms with E-state index in [4.69, 9.17) is 5.11 Å². The van der Waals surface area contributed by atoms with Crippen molar-refractivity contribution < 1.29 is 14.7 Å². The van der Waals surface area contributed by atoms with Crippen molar-refractivity contribution in [2.24, 2.45) is 0 Å². The zero-order chi connectivity index (χ0) is 14.3. The lowest BCUT2D eigenvalue weighted by Crippen LogP contribution is -2.34. The van der Waals surface area contributed by atoms with Crippen LogP contribution in [-0.4, -0.2) is 29.6 Å². The Kier molecular flexibility index (Phi) is 6.02. The third kappa shape index (κ3) is 6.01. The molecule has 1 aromatic carbocycles.